The minimum atomic E-state index is -0.390. The lowest BCUT2D eigenvalue weighted by atomic mass is 10.2. The van der Waals surface area contributed by atoms with E-state index in [2.05, 4.69) is 15.5 Å². The van der Waals surface area contributed by atoms with Gasteiger partial charge in [-0.05, 0) is 35.9 Å². The van der Waals surface area contributed by atoms with Crippen molar-refractivity contribution in [3.8, 4) is 5.75 Å². The first-order valence-corrected chi connectivity index (χ1v) is 10.1. The van der Waals surface area contributed by atoms with Crippen molar-refractivity contribution in [1.29, 1.82) is 0 Å². The molecule has 0 aliphatic carbocycles. The van der Waals surface area contributed by atoms with Gasteiger partial charge in [0.1, 0.15) is 11.6 Å². The molecule has 0 aliphatic rings. The molecule has 0 fully saturated rings. The number of hydrogen-bond donors (Lipinski definition) is 1. The molecule has 5 nitrogen and oxygen atoms in total. The van der Waals surface area contributed by atoms with Gasteiger partial charge in [-0.25, -0.2) is 4.39 Å². The summed E-state index contributed by atoms with van der Waals surface area (Å²) in [7, 11) is 0. The van der Waals surface area contributed by atoms with Crippen molar-refractivity contribution in [2.24, 2.45) is 0 Å². The van der Waals surface area contributed by atoms with E-state index in [1.807, 2.05) is 6.07 Å². The molecule has 0 saturated heterocycles. The van der Waals surface area contributed by atoms with Gasteiger partial charge in [0.25, 0.3) is 5.91 Å². The number of nitrogens with zero attached hydrogens (tertiary/aromatic N) is 2. The number of hydrogen-bond acceptors (Lipinski definition) is 6. The lowest BCUT2D eigenvalue weighted by molar-refractivity contribution is -0.118. The van der Waals surface area contributed by atoms with E-state index in [1.54, 1.807) is 18.2 Å². The Bertz CT molecular complexity index is 955. The first-order valence-electron chi connectivity index (χ1n) is 7.58. The molecule has 0 radical (unpaired) electrons. The minimum absolute atomic E-state index is 0.229. The van der Waals surface area contributed by atoms with Gasteiger partial charge in [0.05, 0.1) is 5.02 Å². The van der Waals surface area contributed by atoms with Crippen molar-refractivity contribution in [2.75, 3.05) is 11.9 Å². The van der Waals surface area contributed by atoms with Crippen molar-refractivity contribution in [3.63, 3.8) is 0 Å². The van der Waals surface area contributed by atoms with Crippen LogP contribution in [0.4, 0.5) is 9.52 Å². The molecule has 1 amide bonds. The highest BCUT2D eigenvalue weighted by Crippen LogP contribution is 2.29. The molecule has 0 atom stereocenters. The Balaban J connectivity index is 1.48. The van der Waals surface area contributed by atoms with Gasteiger partial charge in [0.15, 0.2) is 10.9 Å². The van der Waals surface area contributed by atoms with Gasteiger partial charge < -0.3 is 4.74 Å². The van der Waals surface area contributed by atoms with E-state index in [1.165, 1.54) is 41.3 Å². The average Bonchev–Trinajstić information content (AvgIpc) is 3.06. The number of halogens is 3. The van der Waals surface area contributed by atoms with Crippen LogP contribution in [0, 0.1) is 5.82 Å². The normalized spacial score (nSPS) is 10.6. The largest absolute Gasteiger partial charge is 0.482 e. The first-order chi connectivity index (χ1) is 13.0. The van der Waals surface area contributed by atoms with Gasteiger partial charge in [-0.2, -0.15) is 0 Å². The summed E-state index contributed by atoms with van der Waals surface area (Å²) in [5.74, 6) is 0.246. The Labute approximate surface area is 172 Å². The van der Waals surface area contributed by atoms with Crippen molar-refractivity contribution in [2.45, 2.75) is 10.1 Å². The van der Waals surface area contributed by atoms with E-state index in [-0.39, 0.29) is 18.3 Å². The average molecular weight is 444 g/mol. The zero-order valence-electron chi connectivity index (χ0n) is 13.6. The second-order valence-corrected chi connectivity index (χ2v) is 8.25. The number of aromatic nitrogens is 2. The van der Waals surface area contributed by atoms with Gasteiger partial charge in [0.2, 0.25) is 5.13 Å². The maximum atomic E-state index is 13.2. The molecule has 2 aromatic carbocycles. The van der Waals surface area contributed by atoms with Gasteiger partial charge in [-0.1, -0.05) is 58.4 Å². The third-order valence-electron chi connectivity index (χ3n) is 3.16. The molecular weight excluding hydrogens is 432 g/mol. The number of thioether (sulfide) groups is 1. The standard InChI is InChI=1S/C17H12Cl2FN3O2S2/c18-11-4-5-14(13(19)7-11)25-8-15(24)21-16-22-23-17(27-16)26-9-10-2-1-3-12(20)6-10/h1-7H,8-9H2,(H,21,22,24). The number of amides is 1. The molecule has 0 aliphatic heterocycles. The van der Waals surface area contributed by atoms with Gasteiger partial charge in [-0.3, -0.25) is 10.1 Å². The van der Waals surface area contributed by atoms with E-state index >= 15 is 0 Å². The zero-order chi connectivity index (χ0) is 19.2. The fourth-order valence-electron chi connectivity index (χ4n) is 1.98. The summed E-state index contributed by atoms with van der Waals surface area (Å²) in [5, 5.41) is 11.7. The second-order valence-electron chi connectivity index (χ2n) is 5.20. The third kappa shape index (κ3) is 6.07. The lowest BCUT2D eigenvalue weighted by Crippen LogP contribution is -2.20. The Kier molecular flexibility index (Phi) is 6.89. The summed E-state index contributed by atoms with van der Waals surface area (Å²) in [6.07, 6.45) is 0. The van der Waals surface area contributed by atoms with E-state index < -0.39 is 0 Å². The molecule has 10 heteroatoms. The molecule has 1 N–H and O–H groups in total. The van der Waals surface area contributed by atoms with Crippen LogP contribution in [-0.4, -0.2) is 22.7 Å². The maximum absolute atomic E-state index is 13.2. The number of benzene rings is 2. The molecule has 3 rings (SSSR count). The Hall–Kier alpha value is -1.87. The quantitative estimate of drug-likeness (QED) is 0.396. The van der Waals surface area contributed by atoms with Crippen molar-refractivity contribution in [1.82, 2.24) is 10.2 Å². The van der Waals surface area contributed by atoms with Crippen LogP contribution >= 0.6 is 46.3 Å². The fourth-order valence-corrected chi connectivity index (χ4v) is 4.16. The highest BCUT2D eigenvalue weighted by Gasteiger charge is 2.11. The number of carbonyl (C=O) groups is 1. The summed E-state index contributed by atoms with van der Waals surface area (Å²) >= 11 is 14.4. The smallest absolute Gasteiger partial charge is 0.264 e. The van der Waals surface area contributed by atoms with Gasteiger partial charge in [0, 0.05) is 10.8 Å². The number of anilines is 1. The van der Waals surface area contributed by atoms with E-state index in [0.29, 0.717) is 31.0 Å². The Morgan fingerprint density at radius 1 is 1.22 bits per heavy atom. The highest BCUT2D eigenvalue weighted by atomic mass is 35.5. The number of ether oxygens (including phenoxy) is 1. The molecule has 0 saturated carbocycles. The molecule has 0 unspecified atom stereocenters. The molecule has 27 heavy (non-hydrogen) atoms. The predicted molar refractivity (Wildman–Crippen MR) is 106 cm³/mol. The van der Waals surface area contributed by atoms with Crippen molar-refractivity contribution < 1.29 is 13.9 Å². The monoisotopic (exact) mass is 443 g/mol. The van der Waals surface area contributed by atoms with Crippen LogP contribution in [0.25, 0.3) is 0 Å². The van der Waals surface area contributed by atoms with Crippen LogP contribution in [-0.2, 0) is 10.5 Å². The molecule has 1 heterocycles. The van der Waals surface area contributed by atoms with Gasteiger partial charge in [-0.15, -0.1) is 10.2 Å². The highest BCUT2D eigenvalue weighted by molar-refractivity contribution is 8.00. The lowest BCUT2D eigenvalue weighted by Gasteiger charge is -2.07. The molecular formula is C17H12Cl2FN3O2S2. The first kappa shape index (κ1) is 19.9. The fraction of sp³-hybridized carbons (Fsp3) is 0.118. The van der Waals surface area contributed by atoms with Crippen LogP contribution in [0.5, 0.6) is 5.75 Å². The second kappa shape index (κ2) is 9.36. The topological polar surface area (TPSA) is 64.1 Å². The Morgan fingerprint density at radius 2 is 2.07 bits per heavy atom. The van der Waals surface area contributed by atoms with Crippen LogP contribution in [0.15, 0.2) is 46.8 Å². The van der Waals surface area contributed by atoms with Crippen molar-refractivity contribution >= 4 is 57.3 Å². The van der Waals surface area contributed by atoms with E-state index in [4.69, 9.17) is 27.9 Å². The summed E-state index contributed by atoms with van der Waals surface area (Å²) < 4.78 is 19.2. The zero-order valence-corrected chi connectivity index (χ0v) is 16.8. The van der Waals surface area contributed by atoms with Crippen LogP contribution in [0.1, 0.15) is 5.56 Å². The van der Waals surface area contributed by atoms with Gasteiger partial charge >= 0.3 is 0 Å². The molecule has 140 valence electrons. The summed E-state index contributed by atoms with van der Waals surface area (Å²) in [5.41, 5.74) is 0.842. The summed E-state index contributed by atoms with van der Waals surface area (Å²) in [6, 6.07) is 11.1. The van der Waals surface area contributed by atoms with E-state index in [0.717, 1.165) is 5.56 Å². The van der Waals surface area contributed by atoms with Crippen LogP contribution in [0.2, 0.25) is 10.0 Å². The third-order valence-corrected chi connectivity index (χ3v) is 5.73. The molecule has 3 aromatic rings. The summed E-state index contributed by atoms with van der Waals surface area (Å²) in [4.78, 5) is 12.0. The SMILES string of the molecule is O=C(COc1ccc(Cl)cc1Cl)Nc1nnc(SCc2cccc(F)c2)s1. The van der Waals surface area contributed by atoms with E-state index in [9.17, 15) is 9.18 Å². The number of nitrogens with one attached hydrogen (secondary N) is 1. The molecule has 1 aromatic heterocycles. The predicted octanol–water partition coefficient (Wildman–Crippen LogP) is 5.29. The Morgan fingerprint density at radius 3 is 2.85 bits per heavy atom. The molecule has 0 spiro atoms. The number of rotatable bonds is 7. The maximum Gasteiger partial charge on any atom is 0.264 e. The number of carbonyl (C=O) groups excluding carboxylic acids is 1. The molecule has 0 bridgehead atoms. The van der Waals surface area contributed by atoms with Crippen LogP contribution in [0.3, 0.4) is 0 Å². The minimum Gasteiger partial charge on any atom is -0.482 e. The van der Waals surface area contributed by atoms with Crippen molar-refractivity contribution in [3.05, 3.63) is 63.9 Å². The van der Waals surface area contributed by atoms with Crippen LogP contribution < -0.4 is 10.1 Å². The summed E-state index contributed by atoms with van der Waals surface area (Å²) in [6.45, 7) is -0.229.